The van der Waals surface area contributed by atoms with E-state index in [1.54, 1.807) is 13.1 Å². The molecule has 0 saturated heterocycles. The molecule has 1 aromatic heterocycles. The third kappa shape index (κ3) is 7.22. The second-order valence-electron chi connectivity index (χ2n) is 5.68. The summed E-state index contributed by atoms with van der Waals surface area (Å²) >= 11 is 6.82. The highest BCUT2D eigenvalue weighted by atomic mass is 127. The first-order valence-electron chi connectivity index (χ1n) is 8.11. The van der Waals surface area contributed by atoms with Crippen molar-refractivity contribution in [2.75, 3.05) is 20.1 Å². The van der Waals surface area contributed by atoms with E-state index in [9.17, 15) is 8.42 Å². The van der Waals surface area contributed by atoms with Crippen molar-refractivity contribution in [1.82, 2.24) is 15.4 Å². The van der Waals surface area contributed by atoms with Gasteiger partial charge in [0, 0.05) is 20.1 Å². The van der Waals surface area contributed by atoms with E-state index >= 15 is 0 Å². The molecule has 3 N–H and O–H groups in total. The lowest BCUT2D eigenvalue weighted by Gasteiger charge is -2.20. The highest BCUT2D eigenvalue weighted by Gasteiger charge is 2.16. The molecule has 0 aliphatic heterocycles. The van der Waals surface area contributed by atoms with Crippen molar-refractivity contribution in [3.63, 3.8) is 0 Å². The van der Waals surface area contributed by atoms with Gasteiger partial charge in [0.1, 0.15) is 4.21 Å². The summed E-state index contributed by atoms with van der Waals surface area (Å²) in [5.41, 5.74) is 2.39. The maximum absolute atomic E-state index is 12.1. The van der Waals surface area contributed by atoms with Crippen LogP contribution >= 0.6 is 46.9 Å². The molecular formula is C17H24ClIN4O2S2. The van der Waals surface area contributed by atoms with Crippen LogP contribution in [0.15, 0.2) is 45.6 Å². The van der Waals surface area contributed by atoms with Crippen molar-refractivity contribution >= 4 is 62.9 Å². The van der Waals surface area contributed by atoms with Crippen LogP contribution in [0.5, 0.6) is 0 Å². The topological polar surface area (TPSA) is 82.6 Å². The van der Waals surface area contributed by atoms with E-state index in [0.717, 1.165) is 11.3 Å². The molecule has 1 aromatic carbocycles. The summed E-state index contributed by atoms with van der Waals surface area (Å²) in [4.78, 5) is 4.18. The number of hydrogen-bond acceptors (Lipinski definition) is 4. The molecule has 1 unspecified atom stereocenters. The van der Waals surface area contributed by atoms with E-state index in [-0.39, 0.29) is 40.8 Å². The van der Waals surface area contributed by atoms with Gasteiger partial charge in [0.15, 0.2) is 5.96 Å². The molecule has 1 atom stereocenters. The normalized spacial score (nSPS) is 13.0. The number of guanidine groups is 1. The zero-order chi connectivity index (χ0) is 19.2. The fourth-order valence-corrected chi connectivity index (χ4v) is 4.99. The number of benzene rings is 1. The predicted molar refractivity (Wildman–Crippen MR) is 124 cm³/mol. The lowest BCUT2D eigenvalue weighted by Crippen LogP contribution is -2.42. The SMILES string of the molecule is CN=C(NCCNS(=O)(=O)c1ccc(Cl)s1)NC(C)c1ccccc1C.I. The molecule has 0 amide bonds. The summed E-state index contributed by atoms with van der Waals surface area (Å²) < 4.78 is 27.4. The second-order valence-corrected chi connectivity index (χ2v) is 9.39. The van der Waals surface area contributed by atoms with E-state index in [1.807, 2.05) is 12.1 Å². The first kappa shape index (κ1) is 24.2. The number of thiophene rings is 1. The third-order valence-electron chi connectivity index (χ3n) is 3.75. The fourth-order valence-electron chi connectivity index (χ4n) is 2.43. The Morgan fingerprint density at radius 2 is 1.93 bits per heavy atom. The van der Waals surface area contributed by atoms with Crippen molar-refractivity contribution in [2.24, 2.45) is 4.99 Å². The molecule has 0 spiro atoms. The summed E-state index contributed by atoms with van der Waals surface area (Å²) in [6.07, 6.45) is 0. The first-order chi connectivity index (χ1) is 12.3. The van der Waals surface area contributed by atoms with Gasteiger partial charge in [0.2, 0.25) is 10.0 Å². The van der Waals surface area contributed by atoms with E-state index < -0.39 is 10.0 Å². The number of aliphatic imine (C=N–C) groups is 1. The zero-order valence-electron chi connectivity index (χ0n) is 15.3. The monoisotopic (exact) mass is 542 g/mol. The van der Waals surface area contributed by atoms with Gasteiger partial charge in [0.25, 0.3) is 0 Å². The first-order valence-corrected chi connectivity index (χ1v) is 10.8. The van der Waals surface area contributed by atoms with E-state index in [4.69, 9.17) is 11.6 Å². The minimum Gasteiger partial charge on any atom is -0.355 e. The van der Waals surface area contributed by atoms with Crippen LogP contribution in [0, 0.1) is 6.92 Å². The Hall–Kier alpha value is -0.880. The number of aryl methyl sites for hydroxylation is 1. The minimum absolute atomic E-state index is 0. The molecule has 1 heterocycles. The average molecular weight is 543 g/mol. The van der Waals surface area contributed by atoms with Crippen molar-refractivity contribution in [3.8, 4) is 0 Å². The molecule has 2 aromatic rings. The Morgan fingerprint density at radius 3 is 2.52 bits per heavy atom. The molecule has 27 heavy (non-hydrogen) atoms. The zero-order valence-corrected chi connectivity index (χ0v) is 20.0. The Labute approximate surface area is 186 Å². The van der Waals surface area contributed by atoms with Crippen molar-refractivity contribution in [3.05, 3.63) is 51.9 Å². The van der Waals surface area contributed by atoms with Gasteiger partial charge in [-0.25, -0.2) is 13.1 Å². The van der Waals surface area contributed by atoms with Gasteiger partial charge in [-0.3, -0.25) is 4.99 Å². The summed E-state index contributed by atoms with van der Waals surface area (Å²) in [5, 5.41) is 6.41. The number of sulfonamides is 1. The highest BCUT2D eigenvalue weighted by Crippen LogP contribution is 2.25. The van der Waals surface area contributed by atoms with Crippen LogP contribution in [0.3, 0.4) is 0 Å². The van der Waals surface area contributed by atoms with E-state index in [2.05, 4.69) is 46.3 Å². The molecule has 0 saturated carbocycles. The van der Waals surface area contributed by atoms with Gasteiger partial charge in [-0.2, -0.15) is 0 Å². The van der Waals surface area contributed by atoms with Crippen LogP contribution in [0.25, 0.3) is 0 Å². The van der Waals surface area contributed by atoms with E-state index in [1.165, 1.54) is 17.2 Å². The molecule has 0 aliphatic rings. The Bertz CT molecular complexity index is 871. The summed E-state index contributed by atoms with van der Waals surface area (Å²) in [6, 6.07) is 11.3. The quantitative estimate of drug-likeness (QED) is 0.216. The predicted octanol–water partition coefficient (Wildman–Crippen LogP) is 3.53. The van der Waals surface area contributed by atoms with Crippen molar-refractivity contribution in [2.45, 2.75) is 24.1 Å². The molecule has 0 fully saturated rings. The van der Waals surface area contributed by atoms with Crippen LogP contribution in [0.1, 0.15) is 24.1 Å². The molecule has 6 nitrogen and oxygen atoms in total. The Kier molecular flexibility index (Phi) is 10.0. The molecule has 150 valence electrons. The van der Waals surface area contributed by atoms with Crippen LogP contribution in [-0.4, -0.2) is 34.5 Å². The number of hydrogen-bond donors (Lipinski definition) is 3. The van der Waals surface area contributed by atoms with E-state index in [0.29, 0.717) is 16.8 Å². The maximum Gasteiger partial charge on any atom is 0.250 e. The standard InChI is InChI=1S/C17H23ClN4O2S2.HI/c1-12-6-4-5-7-14(12)13(2)22-17(19-3)20-10-11-21-26(23,24)16-9-8-15(18)25-16;/h4-9,13,21H,10-11H2,1-3H3,(H2,19,20,22);1H. The summed E-state index contributed by atoms with van der Waals surface area (Å²) in [5.74, 6) is 0.610. The van der Waals surface area contributed by atoms with Gasteiger partial charge in [0.05, 0.1) is 10.4 Å². The van der Waals surface area contributed by atoms with Gasteiger partial charge in [-0.05, 0) is 37.1 Å². The maximum atomic E-state index is 12.1. The smallest absolute Gasteiger partial charge is 0.250 e. The van der Waals surface area contributed by atoms with Gasteiger partial charge in [-0.15, -0.1) is 35.3 Å². The number of nitrogens with one attached hydrogen (secondary N) is 3. The number of nitrogens with zero attached hydrogens (tertiary/aromatic N) is 1. The largest absolute Gasteiger partial charge is 0.355 e. The van der Waals surface area contributed by atoms with Crippen LogP contribution in [-0.2, 0) is 10.0 Å². The van der Waals surface area contributed by atoms with Crippen LogP contribution in [0.2, 0.25) is 4.34 Å². The second kappa shape index (κ2) is 11.2. The summed E-state index contributed by atoms with van der Waals surface area (Å²) in [7, 11) is -1.85. The van der Waals surface area contributed by atoms with Crippen molar-refractivity contribution < 1.29 is 8.42 Å². The van der Waals surface area contributed by atoms with Gasteiger partial charge in [-0.1, -0.05) is 35.9 Å². The molecule has 0 aliphatic carbocycles. The lowest BCUT2D eigenvalue weighted by molar-refractivity contribution is 0.582. The molecular weight excluding hydrogens is 519 g/mol. The van der Waals surface area contributed by atoms with Gasteiger partial charge < -0.3 is 10.6 Å². The van der Waals surface area contributed by atoms with Gasteiger partial charge >= 0.3 is 0 Å². The average Bonchev–Trinajstić information content (AvgIpc) is 3.05. The Morgan fingerprint density at radius 1 is 1.22 bits per heavy atom. The van der Waals surface area contributed by atoms with Crippen LogP contribution in [0.4, 0.5) is 0 Å². The lowest BCUT2D eigenvalue weighted by atomic mass is 10.0. The molecule has 2 rings (SSSR count). The fraction of sp³-hybridized carbons (Fsp3) is 0.353. The molecule has 0 radical (unpaired) electrons. The molecule has 0 bridgehead atoms. The molecule has 10 heteroatoms. The Balaban J connectivity index is 0.00000364. The third-order valence-corrected chi connectivity index (χ3v) is 6.94. The number of rotatable bonds is 7. The van der Waals surface area contributed by atoms with Crippen molar-refractivity contribution in [1.29, 1.82) is 0 Å². The highest BCUT2D eigenvalue weighted by molar-refractivity contribution is 14.0. The number of halogens is 2. The summed E-state index contributed by atoms with van der Waals surface area (Å²) in [6.45, 7) is 4.75. The van der Waals surface area contributed by atoms with Crippen LogP contribution < -0.4 is 15.4 Å². The minimum atomic E-state index is -3.53.